The van der Waals surface area contributed by atoms with Gasteiger partial charge in [0.2, 0.25) is 0 Å². The molecular weight excluding hydrogens is 140 g/mol. The van der Waals surface area contributed by atoms with Crippen LogP contribution >= 0.6 is 0 Å². The van der Waals surface area contributed by atoms with Crippen LogP contribution in [0.1, 0.15) is 6.92 Å². The molecule has 0 aliphatic rings. The minimum atomic E-state index is -2.20. The maximum Gasteiger partial charge on any atom is 0.336 e. The number of hydrogen-bond donors (Lipinski definition) is 3. The van der Waals surface area contributed by atoms with E-state index in [9.17, 15) is 9.59 Å². The molecule has 0 aliphatic heterocycles. The standard InChI is InChI=1S/C5H8O5/c1-5(10,2-6)3(7)4(8)9/h2-3,7,10H,1H3,(H,8,9). The van der Waals surface area contributed by atoms with Gasteiger partial charge in [0.15, 0.2) is 18.0 Å². The van der Waals surface area contributed by atoms with Gasteiger partial charge in [-0.05, 0) is 6.92 Å². The summed E-state index contributed by atoms with van der Waals surface area (Å²) in [6, 6.07) is 0. The number of carboxylic acids is 1. The van der Waals surface area contributed by atoms with Crippen LogP contribution in [0.2, 0.25) is 0 Å². The Morgan fingerprint density at radius 1 is 1.70 bits per heavy atom. The predicted molar refractivity (Wildman–Crippen MR) is 30.3 cm³/mol. The number of carboxylic acid groups (broad SMARTS) is 1. The van der Waals surface area contributed by atoms with Crippen molar-refractivity contribution in [2.24, 2.45) is 0 Å². The van der Waals surface area contributed by atoms with E-state index < -0.39 is 17.7 Å². The average Bonchev–Trinajstić information content (AvgIpc) is 1.86. The van der Waals surface area contributed by atoms with E-state index in [2.05, 4.69) is 0 Å². The largest absolute Gasteiger partial charge is 0.479 e. The third kappa shape index (κ3) is 1.78. The first-order chi connectivity index (χ1) is 4.41. The van der Waals surface area contributed by atoms with Gasteiger partial charge in [0.25, 0.3) is 0 Å². The fourth-order valence-electron chi connectivity index (χ4n) is 0.314. The maximum atomic E-state index is 9.94. The van der Waals surface area contributed by atoms with Crippen molar-refractivity contribution >= 4 is 12.3 Å². The monoisotopic (exact) mass is 148 g/mol. The van der Waals surface area contributed by atoms with Crippen LogP contribution in [0.25, 0.3) is 0 Å². The Hall–Kier alpha value is -0.940. The van der Waals surface area contributed by atoms with Crippen LogP contribution in [0.4, 0.5) is 0 Å². The van der Waals surface area contributed by atoms with Gasteiger partial charge >= 0.3 is 5.97 Å². The number of aliphatic hydroxyl groups is 2. The molecule has 0 rings (SSSR count). The zero-order valence-corrected chi connectivity index (χ0v) is 5.31. The van der Waals surface area contributed by atoms with Crippen LogP contribution in [-0.4, -0.2) is 39.3 Å². The van der Waals surface area contributed by atoms with E-state index >= 15 is 0 Å². The lowest BCUT2D eigenvalue weighted by Crippen LogP contribution is -2.45. The molecule has 0 saturated heterocycles. The summed E-state index contributed by atoms with van der Waals surface area (Å²) in [5, 5.41) is 25.4. The molecule has 0 aliphatic carbocycles. The smallest absolute Gasteiger partial charge is 0.336 e. The molecular formula is C5H8O5. The van der Waals surface area contributed by atoms with Gasteiger partial charge in [-0.3, -0.25) is 0 Å². The van der Waals surface area contributed by atoms with Crippen LogP contribution in [0.5, 0.6) is 0 Å². The highest BCUT2D eigenvalue weighted by molar-refractivity contribution is 5.80. The molecule has 0 bridgehead atoms. The minimum absolute atomic E-state index is 0.0220. The Balaban J connectivity index is 4.31. The average molecular weight is 148 g/mol. The first-order valence-electron chi connectivity index (χ1n) is 2.51. The number of aliphatic hydroxyl groups excluding tert-OH is 1. The van der Waals surface area contributed by atoms with Gasteiger partial charge in [0.1, 0.15) is 0 Å². The van der Waals surface area contributed by atoms with Crippen molar-refractivity contribution in [3.8, 4) is 0 Å². The Morgan fingerprint density at radius 3 is 2.20 bits per heavy atom. The molecule has 0 aromatic carbocycles. The van der Waals surface area contributed by atoms with Gasteiger partial charge in [-0.25, -0.2) is 4.79 Å². The van der Waals surface area contributed by atoms with Crippen LogP contribution in [0, 0.1) is 0 Å². The Morgan fingerprint density at radius 2 is 2.10 bits per heavy atom. The maximum absolute atomic E-state index is 9.94. The topological polar surface area (TPSA) is 94.8 Å². The number of carbonyl (C=O) groups excluding carboxylic acids is 1. The van der Waals surface area contributed by atoms with Gasteiger partial charge in [0.05, 0.1) is 0 Å². The van der Waals surface area contributed by atoms with Gasteiger partial charge < -0.3 is 20.1 Å². The molecule has 0 aromatic heterocycles. The van der Waals surface area contributed by atoms with Crippen molar-refractivity contribution in [2.75, 3.05) is 0 Å². The highest BCUT2D eigenvalue weighted by atomic mass is 16.4. The van der Waals surface area contributed by atoms with Crippen molar-refractivity contribution in [2.45, 2.75) is 18.6 Å². The van der Waals surface area contributed by atoms with E-state index in [1.807, 2.05) is 0 Å². The van der Waals surface area contributed by atoms with Crippen LogP contribution < -0.4 is 0 Å². The number of aliphatic carboxylic acids is 1. The molecule has 3 N–H and O–H groups in total. The van der Waals surface area contributed by atoms with Crippen molar-refractivity contribution in [1.82, 2.24) is 0 Å². The molecule has 0 fully saturated rings. The molecule has 0 amide bonds. The van der Waals surface area contributed by atoms with E-state index in [1.165, 1.54) is 0 Å². The number of aldehydes is 1. The molecule has 58 valence electrons. The third-order valence-electron chi connectivity index (χ3n) is 1.03. The lowest BCUT2D eigenvalue weighted by Gasteiger charge is -2.18. The number of hydrogen-bond acceptors (Lipinski definition) is 4. The molecule has 10 heavy (non-hydrogen) atoms. The zero-order chi connectivity index (χ0) is 8.36. The predicted octanol–water partition coefficient (Wildman–Crippen LogP) is -1.62. The highest BCUT2D eigenvalue weighted by Gasteiger charge is 2.35. The van der Waals surface area contributed by atoms with Gasteiger partial charge in [-0.2, -0.15) is 0 Å². The Labute approximate surface area is 56.9 Å². The highest BCUT2D eigenvalue weighted by Crippen LogP contribution is 2.05. The van der Waals surface area contributed by atoms with Crippen molar-refractivity contribution < 1.29 is 24.9 Å². The second-order valence-corrected chi connectivity index (χ2v) is 2.08. The van der Waals surface area contributed by atoms with E-state index in [4.69, 9.17) is 15.3 Å². The molecule has 5 nitrogen and oxygen atoms in total. The SMILES string of the molecule is CC(O)(C=O)C(O)C(=O)O. The van der Waals surface area contributed by atoms with E-state index in [0.29, 0.717) is 0 Å². The van der Waals surface area contributed by atoms with Crippen molar-refractivity contribution in [3.63, 3.8) is 0 Å². The molecule has 5 heteroatoms. The van der Waals surface area contributed by atoms with E-state index in [0.717, 1.165) is 6.92 Å². The van der Waals surface area contributed by atoms with Gasteiger partial charge in [-0.15, -0.1) is 0 Å². The Bertz CT molecular complexity index is 150. The molecule has 0 heterocycles. The summed E-state index contributed by atoms with van der Waals surface area (Å²) in [5.74, 6) is -1.63. The van der Waals surface area contributed by atoms with E-state index in [1.54, 1.807) is 0 Å². The fraction of sp³-hybridized carbons (Fsp3) is 0.600. The number of rotatable bonds is 3. The third-order valence-corrected chi connectivity index (χ3v) is 1.03. The van der Waals surface area contributed by atoms with Crippen molar-refractivity contribution in [1.29, 1.82) is 0 Å². The minimum Gasteiger partial charge on any atom is -0.479 e. The molecule has 0 saturated carbocycles. The summed E-state index contributed by atoms with van der Waals surface area (Å²) in [6.45, 7) is 0.915. The van der Waals surface area contributed by atoms with Crippen LogP contribution in [0.15, 0.2) is 0 Å². The quantitative estimate of drug-likeness (QED) is 0.418. The lowest BCUT2D eigenvalue weighted by atomic mass is 10.0. The summed E-state index contributed by atoms with van der Waals surface area (Å²) in [5.41, 5.74) is -2.20. The molecule has 0 radical (unpaired) electrons. The van der Waals surface area contributed by atoms with Gasteiger partial charge in [-0.1, -0.05) is 0 Å². The summed E-state index contributed by atoms with van der Waals surface area (Å²) >= 11 is 0. The number of carbonyl (C=O) groups is 2. The second kappa shape index (κ2) is 2.76. The molecule has 2 unspecified atom stereocenters. The molecule has 0 spiro atoms. The van der Waals surface area contributed by atoms with Crippen LogP contribution in [-0.2, 0) is 9.59 Å². The fourth-order valence-corrected chi connectivity index (χ4v) is 0.314. The summed E-state index contributed by atoms with van der Waals surface area (Å²) in [4.78, 5) is 19.8. The summed E-state index contributed by atoms with van der Waals surface area (Å²) in [6.07, 6.45) is -2.09. The summed E-state index contributed by atoms with van der Waals surface area (Å²) in [7, 11) is 0. The van der Waals surface area contributed by atoms with Crippen LogP contribution in [0.3, 0.4) is 0 Å². The second-order valence-electron chi connectivity index (χ2n) is 2.08. The van der Waals surface area contributed by atoms with Gasteiger partial charge in [0, 0.05) is 0 Å². The first kappa shape index (κ1) is 9.06. The zero-order valence-electron chi connectivity index (χ0n) is 5.31. The van der Waals surface area contributed by atoms with Crippen molar-refractivity contribution in [3.05, 3.63) is 0 Å². The summed E-state index contributed by atoms with van der Waals surface area (Å²) < 4.78 is 0. The first-order valence-corrected chi connectivity index (χ1v) is 2.51. The normalized spacial score (nSPS) is 19.1. The molecule has 2 atom stereocenters. The van der Waals surface area contributed by atoms with E-state index in [-0.39, 0.29) is 6.29 Å². The lowest BCUT2D eigenvalue weighted by molar-refractivity contribution is -0.163. The molecule has 0 aromatic rings. The Kier molecular flexibility index (Phi) is 2.50.